The Kier molecular flexibility index (Phi) is 4.52. The zero-order chi connectivity index (χ0) is 15.7. The van der Waals surface area contributed by atoms with Gasteiger partial charge in [0, 0.05) is 24.2 Å². The third kappa shape index (κ3) is 3.34. The largest absolute Gasteiger partial charge is 0.478 e. The number of rotatable bonds is 4. The third-order valence-electron chi connectivity index (χ3n) is 3.99. The Morgan fingerprint density at radius 2 is 2.41 bits per heavy atom. The highest BCUT2D eigenvalue weighted by atomic mass is 35.5. The van der Waals surface area contributed by atoms with Gasteiger partial charge in [-0.25, -0.2) is 4.79 Å². The van der Waals surface area contributed by atoms with Gasteiger partial charge in [0.15, 0.2) is 0 Å². The average Bonchev–Trinajstić information content (AvgIpc) is 3.07. The normalized spacial score (nSPS) is 19.5. The number of hydrogen-bond acceptors (Lipinski definition) is 4. The average molecular weight is 340 g/mol. The van der Waals surface area contributed by atoms with Gasteiger partial charge in [-0.05, 0) is 37.9 Å². The Balaban J connectivity index is 1.66. The van der Waals surface area contributed by atoms with E-state index in [2.05, 4.69) is 16.1 Å². The van der Waals surface area contributed by atoms with Gasteiger partial charge in [-0.15, -0.1) is 11.3 Å². The fourth-order valence-electron chi connectivity index (χ4n) is 2.86. The molecule has 22 heavy (non-hydrogen) atoms. The molecule has 0 aromatic carbocycles. The van der Waals surface area contributed by atoms with E-state index >= 15 is 0 Å². The Labute approximate surface area is 138 Å². The summed E-state index contributed by atoms with van der Waals surface area (Å²) in [4.78, 5) is 14.6. The number of aromatic nitrogens is 2. The van der Waals surface area contributed by atoms with E-state index in [-0.39, 0.29) is 11.6 Å². The highest BCUT2D eigenvalue weighted by molar-refractivity contribution is 7.16. The molecule has 0 bridgehead atoms. The van der Waals surface area contributed by atoms with Gasteiger partial charge in [0.2, 0.25) is 0 Å². The Hall–Kier alpha value is -1.37. The van der Waals surface area contributed by atoms with E-state index in [1.165, 1.54) is 11.1 Å². The van der Waals surface area contributed by atoms with Gasteiger partial charge in [-0.3, -0.25) is 9.58 Å². The van der Waals surface area contributed by atoms with Crippen LogP contribution in [0.5, 0.6) is 0 Å². The molecule has 5 nitrogen and oxygen atoms in total. The maximum atomic E-state index is 11.0. The lowest BCUT2D eigenvalue weighted by Gasteiger charge is -2.32. The minimum absolute atomic E-state index is 0.235. The van der Waals surface area contributed by atoms with Crippen LogP contribution < -0.4 is 0 Å². The fourth-order valence-corrected chi connectivity index (χ4v) is 4.15. The summed E-state index contributed by atoms with van der Waals surface area (Å²) in [7, 11) is 0. The number of aryl methyl sites for hydroxylation is 1. The summed E-state index contributed by atoms with van der Waals surface area (Å²) in [5, 5.41) is 13.2. The van der Waals surface area contributed by atoms with Gasteiger partial charge in [0.1, 0.15) is 0 Å². The topological polar surface area (TPSA) is 58.4 Å². The quantitative estimate of drug-likeness (QED) is 0.927. The number of thiophene rings is 1. The first-order chi connectivity index (χ1) is 10.5. The number of nitrogens with zero attached hydrogens (tertiary/aromatic N) is 3. The summed E-state index contributed by atoms with van der Waals surface area (Å²) in [6.45, 7) is 4.85. The number of halogens is 1. The number of carboxylic acids is 1. The highest BCUT2D eigenvalue weighted by Crippen LogP contribution is 2.29. The number of piperidine rings is 1. The number of carbonyl (C=O) groups is 1. The molecule has 7 heteroatoms. The lowest BCUT2D eigenvalue weighted by atomic mass is 10.1. The van der Waals surface area contributed by atoms with Crippen LogP contribution in [0.2, 0.25) is 4.34 Å². The van der Waals surface area contributed by atoms with Crippen molar-refractivity contribution in [1.29, 1.82) is 0 Å². The second-order valence-electron chi connectivity index (χ2n) is 5.71. The third-order valence-corrected chi connectivity index (χ3v) is 5.53. The minimum Gasteiger partial charge on any atom is -0.478 e. The van der Waals surface area contributed by atoms with E-state index in [0.717, 1.165) is 42.4 Å². The lowest BCUT2D eigenvalue weighted by molar-refractivity contribution is 0.0696. The van der Waals surface area contributed by atoms with Gasteiger partial charge in [0.25, 0.3) is 0 Å². The first-order valence-electron chi connectivity index (χ1n) is 7.27. The molecule has 1 unspecified atom stereocenters. The Morgan fingerprint density at radius 3 is 3.05 bits per heavy atom. The van der Waals surface area contributed by atoms with Gasteiger partial charge < -0.3 is 5.11 Å². The molecule has 3 rings (SSSR count). The first-order valence-corrected chi connectivity index (χ1v) is 8.47. The van der Waals surface area contributed by atoms with E-state index < -0.39 is 5.97 Å². The zero-order valence-corrected chi connectivity index (χ0v) is 13.9. The van der Waals surface area contributed by atoms with Gasteiger partial charge >= 0.3 is 5.97 Å². The van der Waals surface area contributed by atoms with Crippen molar-refractivity contribution in [2.45, 2.75) is 32.4 Å². The summed E-state index contributed by atoms with van der Waals surface area (Å²) < 4.78 is 2.66. The monoisotopic (exact) mass is 339 g/mol. The van der Waals surface area contributed by atoms with E-state index in [1.807, 2.05) is 6.92 Å². The van der Waals surface area contributed by atoms with Crippen LogP contribution in [0, 0.1) is 6.92 Å². The lowest BCUT2D eigenvalue weighted by Crippen LogP contribution is -2.36. The predicted octanol–water partition coefficient (Wildman–Crippen LogP) is 3.44. The maximum Gasteiger partial charge on any atom is 0.338 e. The van der Waals surface area contributed by atoms with Crippen molar-refractivity contribution in [2.24, 2.45) is 0 Å². The summed E-state index contributed by atoms with van der Waals surface area (Å²) >= 11 is 7.77. The van der Waals surface area contributed by atoms with E-state index in [9.17, 15) is 4.79 Å². The second-order valence-corrected chi connectivity index (χ2v) is 7.45. The summed E-state index contributed by atoms with van der Waals surface area (Å²) in [6, 6.07) is 2.38. The van der Waals surface area contributed by atoms with Crippen molar-refractivity contribution in [1.82, 2.24) is 14.7 Å². The highest BCUT2D eigenvalue weighted by Gasteiger charge is 2.23. The van der Waals surface area contributed by atoms with E-state index in [1.54, 1.807) is 22.2 Å². The standard InChI is InChI=1S/C15H18ClN3O2S/c1-10-5-13(22-14(10)16)9-18-4-2-3-12(8-18)19-7-11(6-17-19)15(20)21/h5-7,12H,2-4,8-9H2,1H3,(H,20,21). The van der Waals surface area contributed by atoms with Crippen LogP contribution in [0.4, 0.5) is 0 Å². The predicted molar refractivity (Wildman–Crippen MR) is 86.8 cm³/mol. The molecule has 2 aromatic rings. The van der Waals surface area contributed by atoms with Crippen LogP contribution in [-0.4, -0.2) is 38.8 Å². The van der Waals surface area contributed by atoms with Crippen molar-refractivity contribution in [3.05, 3.63) is 38.8 Å². The first kappa shape index (κ1) is 15.5. The number of likely N-dealkylation sites (tertiary alicyclic amines) is 1. The second kappa shape index (κ2) is 6.40. The van der Waals surface area contributed by atoms with E-state index in [4.69, 9.17) is 16.7 Å². The molecule has 1 atom stereocenters. The molecule has 1 fully saturated rings. The molecule has 118 valence electrons. The smallest absolute Gasteiger partial charge is 0.338 e. The molecule has 0 radical (unpaired) electrons. The Bertz CT molecular complexity index is 663. The molecule has 0 amide bonds. The molecule has 2 aromatic heterocycles. The minimum atomic E-state index is -0.928. The summed E-state index contributed by atoms with van der Waals surface area (Å²) in [6.07, 6.45) is 5.17. The van der Waals surface area contributed by atoms with E-state index in [0.29, 0.717) is 0 Å². The van der Waals surface area contributed by atoms with Crippen LogP contribution in [0.1, 0.15) is 39.7 Å². The number of aromatic carboxylic acids is 1. The molecule has 1 saturated heterocycles. The molecular formula is C15H18ClN3O2S. The summed E-state index contributed by atoms with van der Waals surface area (Å²) in [5.74, 6) is -0.928. The SMILES string of the molecule is Cc1cc(CN2CCCC(n3cc(C(=O)O)cn3)C2)sc1Cl. The summed E-state index contributed by atoms with van der Waals surface area (Å²) in [5.41, 5.74) is 1.38. The van der Waals surface area contributed by atoms with Crippen LogP contribution in [0.3, 0.4) is 0 Å². The van der Waals surface area contributed by atoms with Crippen LogP contribution >= 0.6 is 22.9 Å². The van der Waals surface area contributed by atoms with Crippen LogP contribution in [0.25, 0.3) is 0 Å². The van der Waals surface area contributed by atoms with Gasteiger partial charge in [0.05, 0.1) is 22.1 Å². The van der Waals surface area contributed by atoms with Crippen molar-refractivity contribution < 1.29 is 9.90 Å². The number of hydrogen-bond donors (Lipinski definition) is 1. The molecule has 0 aliphatic carbocycles. The van der Waals surface area contributed by atoms with Crippen molar-refractivity contribution >= 4 is 28.9 Å². The Morgan fingerprint density at radius 1 is 1.59 bits per heavy atom. The van der Waals surface area contributed by atoms with Crippen LogP contribution in [-0.2, 0) is 6.54 Å². The zero-order valence-electron chi connectivity index (χ0n) is 12.3. The molecule has 0 saturated carbocycles. The van der Waals surface area contributed by atoms with Crippen molar-refractivity contribution in [2.75, 3.05) is 13.1 Å². The molecule has 1 aliphatic heterocycles. The number of carboxylic acid groups (broad SMARTS) is 1. The van der Waals surface area contributed by atoms with Crippen molar-refractivity contribution in [3.63, 3.8) is 0 Å². The molecule has 3 heterocycles. The van der Waals surface area contributed by atoms with Gasteiger partial charge in [-0.2, -0.15) is 5.10 Å². The maximum absolute atomic E-state index is 11.0. The van der Waals surface area contributed by atoms with Gasteiger partial charge in [-0.1, -0.05) is 11.6 Å². The molecular weight excluding hydrogens is 322 g/mol. The molecule has 0 spiro atoms. The van der Waals surface area contributed by atoms with Crippen LogP contribution in [0.15, 0.2) is 18.5 Å². The van der Waals surface area contributed by atoms with Crippen molar-refractivity contribution in [3.8, 4) is 0 Å². The fraction of sp³-hybridized carbons (Fsp3) is 0.467. The molecule has 1 aliphatic rings. The molecule has 1 N–H and O–H groups in total.